The molecule has 0 bridgehead atoms. The molecule has 0 saturated heterocycles. The Labute approximate surface area is 361 Å². The molecule has 0 aliphatic carbocycles. The zero-order valence-electron chi connectivity index (χ0n) is 36.2. The van der Waals surface area contributed by atoms with Crippen LogP contribution in [0.2, 0.25) is 0 Å². The van der Waals surface area contributed by atoms with E-state index in [9.17, 15) is 0 Å². The van der Waals surface area contributed by atoms with Gasteiger partial charge in [0.2, 0.25) is 0 Å². The molecule has 14 heteroatoms. The second kappa shape index (κ2) is 29.2. The number of aromatic nitrogens is 3. The molecule has 0 unspecified atom stereocenters. The number of azide groups is 1. The second-order valence-electron chi connectivity index (χ2n) is 15.1. The Bertz CT molecular complexity index is 1870. The van der Waals surface area contributed by atoms with Gasteiger partial charge < -0.3 is 0 Å². The van der Waals surface area contributed by atoms with Crippen LogP contribution >= 0.6 is 35.3 Å². The zero-order chi connectivity index (χ0) is 44.0. The highest BCUT2D eigenvalue weighted by Gasteiger charge is 2.27. The molecule has 1 aliphatic heterocycles. The van der Waals surface area contributed by atoms with Crippen LogP contribution in [0.15, 0.2) is 129 Å². The first-order chi connectivity index (χ1) is 27.3. The van der Waals surface area contributed by atoms with Crippen molar-refractivity contribution in [2.45, 2.75) is 102 Å². The fourth-order valence-electron chi connectivity index (χ4n) is 3.94. The third-order valence-electron chi connectivity index (χ3n) is 6.74. The predicted molar refractivity (Wildman–Crippen MR) is 246 cm³/mol. The van der Waals surface area contributed by atoms with Gasteiger partial charge in [0.25, 0.3) is 0 Å². The fraction of sp³-hybridized carbons (Fsp3) is 0.409. The highest BCUT2D eigenvalue weighted by atomic mass is 32.2. The molecule has 4 aromatic rings. The van der Waals surface area contributed by atoms with Gasteiger partial charge in [-0.25, -0.2) is 4.68 Å². The first kappa shape index (κ1) is 53.0. The monoisotopic (exact) mass is 839 g/mol. The molecule has 3 aromatic carbocycles. The van der Waals surface area contributed by atoms with Gasteiger partial charge in [-0.15, -0.1) is 58.3 Å². The lowest BCUT2D eigenvalue weighted by Crippen LogP contribution is -2.39. The van der Waals surface area contributed by atoms with E-state index < -0.39 is 0 Å². The molecular formula is C44H61N11S3. The summed E-state index contributed by atoms with van der Waals surface area (Å²) in [6.45, 7) is 22.0. The first-order valence-electron chi connectivity index (χ1n) is 18.4. The molecule has 2 heterocycles. The van der Waals surface area contributed by atoms with Crippen molar-refractivity contribution in [2.75, 3.05) is 18.8 Å². The molecular weight excluding hydrogens is 779 g/mol. The minimum absolute atomic E-state index is 0.0651. The topological polar surface area (TPSA) is 146 Å². The molecule has 5 rings (SSSR count). The lowest BCUT2D eigenvalue weighted by atomic mass is 9.92. The summed E-state index contributed by atoms with van der Waals surface area (Å²) in [5, 5.41) is 30.6. The predicted octanol–water partition coefficient (Wildman–Crippen LogP) is 12.4. The SMILES string of the molecule is C#CC(C)(C)C.CC#N.CC#N.CC(C)(C)c1cn(CSc2ccccc2)nn1.CN1NN(CSc2ccccc2)C=C1C(C)(C)C.[N-]=[N+]=NCSc1ccccc1. The third kappa shape index (κ3) is 26.0. The number of hydrogen-bond acceptors (Lipinski definition) is 11. The van der Waals surface area contributed by atoms with Crippen molar-refractivity contribution in [3.8, 4) is 24.5 Å². The van der Waals surface area contributed by atoms with Crippen LogP contribution in [-0.2, 0) is 11.3 Å². The Morgan fingerprint density at radius 1 is 0.741 bits per heavy atom. The average Bonchev–Trinajstić information content (AvgIpc) is 3.83. The van der Waals surface area contributed by atoms with Crippen molar-refractivity contribution in [1.29, 1.82) is 10.5 Å². The standard InChI is InChI=1S/C14H21N3S.C13H17N3S.C7H7N3S.C6H10.2C2H3N/c1-14(2,3)13-10-17(15-16(13)4)11-18-12-8-6-5-7-9-12;1-13(2,3)12-9-16(15-14-12)10-17-11-7-5-4-6-8-11;8-10-9-6-11-7-4-2-1-3-5-7;1-5-6(2,3)4;2*1-2-3/h5-10,15H,11H2,1-4H3;4-9H,10H2,1-3H3;1-5H,6H2;1H,2-4H3;2*1H3. The zero-order valence-corrected chi connectivity index (χ0v) is 38.7. The Balaban J connectivity index is 0.000000751. The maximum atomic E-state index is 7.99. The molecule has 0 radical (unpaired) electrons. The minimum atomic E-state index is 0.0651. The Morgan fingerprint density at radius 2 is 1.16 bits per heavy atom. The normalized spacial score (nSPS) is 11.4. The highest BCUT2D eigenvalue weighted by Crippen LogP contribution is 2.31. The number of benzene rings is 3. The van der Waals surface area contributed by atoms with Crippen molar-refractivity contribution in [1.82, 2.24) is 30.5 Å². The molecule has 58 heavy (non-hydrogen) atoms. The Kier molecular flexibility index (Phi) is 26.7. The summed E-state index contributed by atoms with van der Waals surface area (Å²) in [5.74, 6) is 4.76. The van der Waals surface area contributed by atoms with Crippen LogP contribution in [0.5, 0.6) is 0 Å². The summed E-state index contributed by atoms with van der Waals surface area (Å²) < 4.78 is 1.89. The van der Waals surface area contributed by atoms with E-state index in [1.165, 1.54) is 41.1 Å². The first-order valence-corrected chi connectivity index (χ1v) is 21.3. The molecule has 310 valence electrons. The summed E-state index contributed by atoms with van der Waals surface area (Å²) in [4.78, 5) is 6.32. The molecule has 0 atom stereocenters. The number of hydrogen-bond donors (Lipinski definition) is 1. The maximum absolute atomic E-state index is 7.99. The van der Waals surface area contributed by atoms with Gasteiger partial charge in [0.05, 0.1) is 41.2 Å². The van der Waals surface area contributed by atoms with Gasteiger partial charge in [-0.1, -0.05) is 106 Å². The van der Waals surface area contributed by atoms with Gasteiger partial charge in [-0.3, -0.25) is 10.0 Å². The van der Waals surface area contributed by atoms with E-state index in [1.54, 1.807) is 23.9 Å². The average molecular weight is 840 g/mol. The summed E-state index contributed by atoms with van der Waals surface area (Å²) in [7, 11) is 2.06. The lowest BCUT2D eigenvalue weighted by molar-refractivity contribution is 0.158. The molecule has 1 N–H and O–H groups in total. The Morgan fingerprint density at radius 3 is 1.50 bits per heavy atom. The van der Waals surface area contributed by atoms with E-state index in [2.05, 4.69) is 133 Å². The van der Waals surface area contributed by atoms with Crippen molar-refractivity contribution in [3.05, 3.63) is 125 Å². The van der Waals surface area contributed by atoms with E-state index in [0.29, 0.717) is 5.88 Å². The molecule has 1 aromatic heterocycles. The van der Waals surface area contributed by atoms with Gasteiger partial charge in [-0.2, -0.15) is 10.5 Å². The van der Waals surface area contributed by atoms with Crippen LogP contribution < -0.4 is 5.53 Å². The van der Waals surface area contributed by atoms with Crippen LogP contribution in [0.25, 0.3) is 10.4 Å². The number of nitrogens with one attached hydrogen (secondary N) is 1. The van der Waals surface area contributed by atoms with Crippen molar-refractivity contribution in [3.63, 3.8) is 0 Å². The number of hydrazine groups is 2. The van der Waals surface area contributed by atoms with Crippen LogP contribution in [0, 0.1) is 45.8 Å². The van der Waals surface area contributed by atoms with Crippen molar-refractivity contribution >= 4 is 35.3 Å². The molecule has 1 aliphatic rings. The van der Waals surface area contributed by atoms with Crippen LogP contribution in [-0.4, -0.2) is 43.8 Å². The number of nitrogens with zero attached hydrogens (tertiary/aromatic N) is 10. The number of terminal acetylenes is 1. The largest absolute Gasteiger partial charge is 0.296 e. The molecule has 11 nitrogen and oxygen atoms in total. The van der Waals surface area contributed by atoms with Crippen LogP contribution in [0.4, 0.5) is 0 Å². The van der Waals surface area contributed by atoms with E-state index in [1.807, 2.05) is 98.0 Å². The molecule has 0 amide bonds. The fourth-order valence-corrected chi connectivity index (χ4v) is 6.08. The second-order valence-corrected chi connectivity index (χ2v) is 18.2. The van der Waals surface area contributed by atoms with E-state index in [0.717, 1.165) is 22.3 Å². The van der Waals surface area contributed by atoms with Gasteiger partial charge >= 0.3 is 0 Å². The van der Waals surface area contributed by atoms with Gasteiger partial charge in [-0.05, 0) is 62.7 Å². The van der Waals surface area contributed by atoms with Crippen molar-refractivity contribution < 1.29 is 0 Å². The van der Waals surface area contributed by atoms with E-state index in [4.69, 9.17) is 22.5 Å². The third-order valence-corrected chi connectivity index (χ3v) is 9.60. The molecule has 0 fully saturated rings. The van der Waals surface area contributed by atoms with Gasteiger partial charge in [0, 0.05) is 69.1 Å². The summed E-state index contributed by atoms with van der Waals surface area (Å²) in [6.07, 6.45) is 9.27. The van der Waals surface area contributed by atoms with E-state index in [-0.39, 0.29) is 16.2 Å². The lowest BCUT2D eigenvalue weighted by Gasteiger charge is -2.26. The molecule has 0 spiro atoms. The van der Waals surface area contributed by atoms with Crippen LogP contribution in [0.1, 0.15) is 81.9 Å². The summed E-state index contributed by atoms with van der Waals surface area (Å²) in [5.41, 5.74) is 14.0. The number of rotatable bonds is 9. The number of nitriles is 2. The minimum Gasteiger partial charge on any atom is -0.296 e. The highest BCUT2D eigenvalue weighted by molar-refractivity contribution is 7.99. The maximum Gasteiger partial charge on any atom is 0.0927 e. The molecule has 0 saturated carbocycles. The van der Waals surface area contributed by atoms with E-state index >= 15 is 0 Å². The summed E-state index contributed by atoms with van der Waals surface area (Å²) >= 11 is 5.11. The van der Waals surface area contributed by atoms with Gasteiger partial charge in [0.15, 0.2) is 0 Å². The van der Waals surface area contributed by atoms with Crippen LogP contribution in [0.3, 0.4) is 0 Å². The number of thioether (sulfide) groups is 3. The number of allylic oxidation sites excluding steroid dienone is 1. The summed E-state index contributed by atoms with van der Waals surface area (Å²) in [6, 6.07) is 34.1. The Hall–Kier alpha value is -5.00. The quantitative estimate of drug-likeness (QED) is 0.0568. The van der Waals surface area contributed by atoms with Gasteiger partial charge in [0.1, 0.15) is 0 Å². The van der Waals surface area contributed by atoms with Crippen molar-refractivity contribution in [2.24, 2.45) is 15.9 Å². The smallest absolute Gasteiger partial charge is 0.0927 e.